The van der Waals surface area contributed by atoms with E-state index in [0.29, 0.717) is 33.3 Å². The van der Waals surface area contributed by atoms with E-state index < -0.39 is 23.6 Å². The molecule has 1 aliphatic heterocycles. The Morgan fingerprint density at radius 1 is 1.11 bits per heavy atom. The van der Waals surface area contributed by atoms with Gasteiger partial charge < -0.3 is 14.8 Å². The van der Waals surface area contributed by atoms with Crippen molar-refractivity contribution in [1.82, 2.24) is 4.90 Å². The van der Waals surface area contributed by atoms with Gasteiger partial charge in [-0.2, -0.15) is 0 Å². The number of carbonyl (C=O) groups excluding carboxylic acids is 3. The molecule has 1 fully saturated rings. The fourth-order valence-corrected chi connectivity index (χ4v) is 4.44. The highest BCUT2D eigenvalue weighted by molar-refractivity contribution is 8.18. The summed E-state index contributed by atoms with van der Waals surface area (Å²) in [5.74, 6) is -0.563. The highest BCUT2D eigenvalue weighted by Gasteiger charge is 2.36. The number of benzene rings is 3. The van der Waals surface area contributed by atoms with Crippen LogP contribution in [0.15, 0.2) is 71.6 Å². The van der Waals surface area contributed by atoms with Crippen molar-refractivity contribution < 1.29 is 28.2 Å². The van der Waals surface area contributed by atoms with Gasteiger partial charge in [0, 0.05) is 11.3 Å². The quantitative estimate of drug-likeness (QED) is 0.377. The van der Waals surface area contributed by atoms with E-state index in [0.717, 1.165) is 16.7 Å². The summed E-state index contributed by atoms with van der Waals surface area (Å²) in [5.41, 5.74) is 1.43. The molecule has 1 aliphatic rings. The summed E-state index contributed by atoms with van der Waals surface area (Å²) in [6, 6.07) is 17.9. The van der Waals surface area contributed by atoms with Crippen LogP contribution in [0.4, 0.5) is 14.9 Å². The van der Waals surface area contributed by atoms with E-state index in [1.54, 1.807) is 60.7 Å². The van der Waals surface area contributed by atoms with Crippen LogP contribution in [0.5, 0.6) is 11.5 Å². The highest BCUT2D eigenvalue weighted by atomic mass is 35.5. The van der Waals surface area contributed by atoms with E-state index in [1.807, 2.05) is 0 Å². The van der Waals surface area contributed by atoms with Crippen molar-refractivity contribution in [2.75, 3.05) is 19.0 Å². The number of ether oxygens (including phenoxy) is 2. The molecular formula is C26H20ClFN2O5S. The van der Waals surface area contributed by atoms with E-state index >= 15 is 0 Å². The van der Waals surface area contributed by atoms with E-state index in [4.69, 9.17) is 21.1 Å². The fraction of sp³-hybridized carbons (Fsp3) is 0.115. The van der Waals surface area contributed by atoms with E-state index in [9.17, 15) is 18.8 Å². The minimum atomic E-state index is -0.578. The molecule has 3 aromatic carbocycles. The number of carbonyl (C=O) groups is 3. The molecule has 0 spiro atoms. The molecule has 0 aromatic heterocycles. The van der Waals surface area contributed by atoms with Crippen LogP contribution in [-0.4, -0.2) is 35.6 Å². The first kappa shape index (κ1) is 25.3. The average molecular weight is 527 g/mol. The summed E-state index contributed by atoms with van der Waals surface area (Å²) in [6.45, 7) is -0.404. The zero-order valence-corrected chi connectivity index (χ0v) is 20.6. The number of nitrogens with zero attached hydrogens (tertiary/aromatic N) is 1. The van der Waals surface area contributed by atoms with Gasteiger partial charge in [-0.1, -0.05) is 41.9 Å². The number of rotatable bonds is 8. The summed E-state index contributed by atoms with van der Waals surface area (Å²) in [7, 11) is 1.47. The summed E-state index contributed by atoms with van der Waals surface area (Å²) >= 11 is 6.80. The largest absolute Gasteiger partial charge is 0.495 e. The molecule has 3 amide bonds. The summed E-state index contributed by atoms with van der Waals surface area (Å²) in [6.07, 6.45) is 1.54. The number of methoxy groups -OCH3 is 1. The third-order valence-electron chi connectivity index (χ3n) is 5.12. The maximum atomic E-state index is 13.8. The Bertz CT molecular complexity index is 1360. The number of hydrogen-bond donors (Lipinski definition) is 1. The maximum absolute atomic E-state index is 13.8. The molecule has 10 heteroatoms. The molecule has 0 radical (unpaired) electrons. The van der Waals surface area contributed by atoms with Gasteiger partial charge in [-0.15, -0.1) is 0 Å². The second-order valence-electron chi connectivity index (χ2n) is 7.62. The molecule has 1 heterocycles. The first-order valence-electron chi connectivity index (χ1n) is 10.7. The molecule has 0 atom stereocenters. The number of thioether (sulfide) groups is 1. The number of halogens is 2. The van der Waals surface area contributed by atoms with Crippen LogP contribution >= 0.6 is 23.4 Å². The molecule has 184 valence electrons. The van der Waals surface area contributed by atoms with Crippen LogP contribution in [0.3, 0.4) is 0 Å². The molecule has 1 N–H and O–H groups in total. The predicted molar refractivity (Wildman–Crippen MR) is 136 cm³/mol. The molecule has 4 rings (SSSR count). The Morgan fingerprint density at radius 2 is 1.92 bits per heavy atom. The van der Waals surface area contributed by atoms with Crippen molar-refractivity contribution in [2.45, 2.75) is 6.61 Å². The zero-order valence-electron chi connectivity index (χ0n) is 19.0. The van der Waals surface area contributed by atoms with E-state index in [2.05, 4.69) is 5.32 Å². The molecule has 0 unspecified atom stereocenters. The molecule has 36 heavy (non-hydrogen) atoms. The number of amides is 3. The Kier molecular flexibility index (Phi) is 7.92. The number of anilines is 1. The summed E-state index contributed by atoms with van der Waals surface area (Å²) in [4.78, 5) is 38.7. The molecule has 7 nitrogen and oxygen atoms in total. The van der Waals surface area contributed by atoms with Crippen molar-refractivity contribution in [3.05, 3.63) is 93.6 Å². The van der Waals surface area contributed by atoms with Crippen LogP contribution < -0.4 is 14.8 Å². The second kappa shape index (κ2) is 11.3. The monoisotopic (exact) mass is 526 g/mol. The molecule has 0 saturated carbocycles. The Hall–Kier alpha value is -3.82. The van der Waals surface area contributed by atoms with Crippen LogP contribution in [0.25, 0.3) is 6.08 Å². The van der Waals surface area contributed by atoms with Crippen LogP contribution in [0.1, 0.15) is 11.1 Å². The topological polar surface area (TPSA) is 84.9 Å². The van der Waals surface area contributed by atoms with Crippen LogP contribution in [0, 0.1) is 5.82 Å². The van der Waals surface area contributed by atoms with Crippen molar-refractivity contribution >= 4 is 52.2 Å². The SMILES string of the molecule is COc1ccc(NC(=O)CN2C(=O)S/C(=C/c3cccc(OCc4ccccc4F)c3)C2=O)cc1Cl. The first-order valence-corrected chi connectivity index (χ1v) is 11.9. The molecule has 0 aliphatic carbocycles. The van der Waals surface area contributed by atoms with Gasteiger partial charge >= 0.3 is 0 Å². The third kappa shape index (κ3) is 6.05. The fourth-order valence-electron chi connectivity index (χ4n) is 3.35. The number of imide groups is 1. The lowest BCUT2D eigenvalue weighted by Gasteiger charge is -2.13. The van der Waals surface area contributed by atoms with Gasteiger partial charge in [0.25, 0.3) is 11.1 Å². The lowest BCUT2D eigenvalue weighted by atomic mass is 10.2. The standard InChI is InChI=1S/C26H20ClFN2O5S/c1-34-22-10-9-18(13-20(22)27)29-24(31)14-30-25(32)23(36-26(30)33)12-16-5-4-7-19(11-16)35-15-17-6-2-3-8-21(17)28/h2-13H,14-15H2,1H3,(H,29,31)/b23-12+. The molecule has 0 bridgehead atoms. The smallest absolute Gasteiger partial charge is 0.294 e. The van der Waals surface area contributed by atoms with Crippen molar-refractivity contribution in [2.24, 2.45) is 0 Å². The minimum Gasteiger partial charge on any atom is -0.495 e. The van der Waals surface area contributed by atoms with E-state index in [1.165, 1.54) is 19.2 Å². The van der Waals surface area contributed by atoms with Gasteiger partial charge in [-0.25, -0.2) is 4.39 Å². The Morgan fingerprint density at radius 3 is 2.67 bits per heavy atom. The van der Waals surface area contributed by atoms with E-state index in [-0.39, 0.29) is 17.3 Å². The molecule has 1 saturated heterocycles. The number of hydrogen-bond acceptors (Lipinski definition) is 6. The van der Waals surface area contributed by atoms with Crippen LogP contribution in [0.2, 0.25) is 5.02 Å². The third-order valence-corrected chi connectivity index (χ3v) is 6.32. The van der Waals surface area contributed by atoms with Gasteiger partial charge in [0.2, 0.25) is 5.91 Å². The normalized spacial score (nSPS) is 14.3. The lowest BCUT2D eigenvalue weighted by molar-refractivity contribution is -0.127. The van der Waals surface area contributed by atoms with Crippen LogP contribution in [-0.2, 0) is 16.2 Å². The highest BCUT2D eigenvalue weighted by Crippen LogP contribution is 2.33. The Balaban J connectivity index is 1.40. The predicted octanol–water partition coefficient (Wildman–Crippen LogP) is 5.74. The zero-order chi connectivity index (χ0) is 25.7. The first-order chi connectivity index (χ1) is 17.3. The number of nitrogens with one attached hydrogen (secondary N) is 1. The Labute approximate surface area is 215 Å². The summed E-state index contributed by atoms with van der Waals surface area (Å²) in [5, 5.41) is 2.36. The van der Waals surface area contributed by atoms with Gasteiger partial charge in [-0.3, -0.25) is 19.3 Å². The molecular weight excluding hydrogens is 507 g/mol. The van der Waals surface area contributed by atoms with Gasteiger partial charge in [0.1, 0.15) is 30.5 Å². The van der Waals surface area contributed by atoms with Crippen molar-refractivity contribution in [3.8, 4) is 11.5 Å². The van der Waals surface area contributed by atoms with Gasteiger partial charge in [-0.05, 0) is 59.8 Å². The van der Waals surface area contributed by atoms with Crippen molar-refractivity contribution in [3.63, 3.8) is 0 Å². The second-order valence-corrected chi connectivity index (χ2v) is 9.02. The van der Waals surface area contributed by atoms with Crippen molar-refractivity contribution in [1.29, 1.82) is 0 Å². The van der Waals surface area contributed by atoms with Gasteiger partial charge in [0.05, 0.1) is 17.0 Å². The van der Waals surface area contributed by atoms with Gasteiger partial charge in [0.15, 0.2) is 0 Å². The average Bonchev–Trinajstić information content (AvgIpc) is 3.11. The summed E-state index contributed by atoms with van der Waals surface area (Å²) < 4.78 is 24.6. The lowest BCUT2D eigenvalue weighted by Crippen LogP contribution is -2.36. The minimum absolute atomic E-state index is 0.0428. The maximum Gasteiger partial charge on any atom is 0.294 e. The molecule has 3 aromatic rings.